The van der Waals surface area contributed by atoms with Crippen molar-refractivity contribution in [2.45, 2.75) is 26.0 Å². The lowest BCUT2D eigenvalue weighted by Gasteiger charge is -2.24. The summed E-state index contributed by atoms with van der Waals surface area (Å²) < 4.78 is 10.9. The quantitative estimate of drug-likeness (QED) is 0.200. The molecule has 7 nitrogen and oxygen atoms in total. The van der Waals surface area contributed by atoms with Gasteiger partial charge in [-0.25, -0.2) is 9.98 Å². The van der Waals surface area contributed by atoms with E-state index >= 15 is 0 Å². The number of ether oxygens (including phenoxy) is 2. The second-order valence-electron chi connectivity index (χ2n) is 7.12. The fourth-order valence-corrected chi connectivity index (χ4v) is 3.55. The number of nitrogens with zero attached hydrogens (tertiary/aromatic N) is 2. The molecule has 0 bridgehead atoms. The first kappa shape index (κ1) is 25.9. The zero-order chi connectivity index (χ0) is 22.1. The van der Waals surface area contributed by atoms with E-state index in [2.05, 4.69) is 20.6 Å². The summed E-state index contributed by atoms with van der Waals surface area (Å²) in [6.07, 6.45) is 1.74. The molecular formula is C23H29IN4O3S. The number of pyridine rings is 1. The number of guanidine groups is 1. The molecule has 0 spiro atoms. The number of nitrogens with one attached hydrogen (secondary N) is 2. The summed E-state index contributed by atoms with van der Waals surface area (Å²) in [4.78, 5) is 8.95. The van der Waals surface area contributed by atoms with Crippen molar-refractivity contribution in [2.75, 3.05) is 20.2 Å². The van der Waals surface area contributed by atoms with Crippen LogP contribution in [0.4, 0.5) is 0 Å². The Morgan fingerprint density at radius 1 is 1.12 bits per heavy atom. The molecule has 0 aliphatic rings. The minimum atomic E-state index is -0.974. The summed E-state index contributed by atoms with van der Waals surface area (Å²) in [5.74, 6) is 2.61. The topological polar surface area (TPSA) is 88.0 Å². The Kier molecular flexibility index (Phi) is 10.2. The third-order valence-corrected chi connectivity index (χ3v) is 5.27. The van der Waals surface area contributed by atoms with E-state index in [1.807, 2.05) is 60.1 Å². The molecule has 0 fully saturated rings. The van der Waals surface area contributed by atoms with Crippen LogP contribution in [0.25, 0.3) is 0 Å². The van der Waals surface area contributed by atoms with Crippen molar-refractivity contribution >= 4 is 41.3 Å². The Hall–Kier alpha value is -2.37. The molecule has 9 heteroatoms. The molecule has 0 amide bonds. The number of thiophene rings is 1. The molecule has 172 valence electrons. The Bertz CT molecular complexity index is 962. The van der Waals surface area contributed by atoms with Crippen LogP contribution in [0.3, 0.4) is 0 Å². The van der Waals surface area contributed by atoms with Crippen LogP contribution in [-0.2, 0) is 12.1 Å². The van der Waals surface area contributed by atoms with Crippen molar-refractivity contribution in [1.29, 1.82) is 0 Å². The summed E-state index contributed by atoms with van der Waals surface area (Å²) >= 11 is 1.57. The number of hydrogen-bond acceptors (Lipinski definition) is 6. The van der Waals surface area contributed by atoms with Crippen molar-refractivity contribution in [3.63, 3.8) is 0 Å². The van der Waals surface area contributed by atoms with Crippen LogP contribution in [0, 0.1) is 0 Å². The SMILES string of the molecule is CCNC(=NCc1ccc(Oc2ccc(OC)cc2)nc1)NCC(C)(O)c1ccsc1.I. The lowest BCUT2D eigenvalue weighted by atomic mass is 9.99. The molecular weight excluding hydrogens is 539 g/mol. The maximum absolute atomic E-state index is 10.7. The van der Waals surface area contributed by atoms with Crippen molar-refractivity contribution in [3.05, 3.63) is 70.5 Å². The molecule has 2 aromatic heterocycles. The highest BCUT2D eigenvalue weighted by Gasteiger charge is 2.23. The zero-order valence-corrected chi connectivity index (χ0v) is 21.5. The number of rotatable bonds is 9. The Morgan fingerprint density at radius 3 is 2.47 bits per heavy atom. The lowest BCUT2D eigenvalue weighted by Crippen LogP contribution is -2.44. The Morgan fingerprint density at radius 2 is 1.88 bits per heavy atom. The third-order valence-electron chi connectivity index (χ3n) is 4.59. The van der Waals surface area contributed by atoms with Crippen LogP contribution >= 0.6 is 35.3 Å². The molecule has 0 saturated carbocycles. The van der Waals surface area contributed by atoms with Gasteiger partial charge >= 0.3 is 0 Å². The standard InChI is InChI=1S/C23H28N4O3S.HI/c1-4-24-22(27-16-23(2,28)18-11-12-31-15-18)26-14-17-5-10-21(25-13-17)30-20-8-6-19(29-3)7-9-20;/h5-13,15,28H,4,14,16H2,1-3H3,(H2,24,26,27);1H. The first-order chi connectivity index (χ1) is 15.0. The van der Waals surface area contributed by atoms with Crippen molar-refractivity contribution in [1.82, 2.24) is 15.6 Å². The molecule has 0 aliphatic heterocycles. The summed E-state index contributed by atoms with van der Waals surface area (Å²) in [6, 6.07) is 13.0. The molecule has 0 radical (unpaired) electrons. The molecule has 1 unspecified atom stereocenters. The fraction of sp³-hybridized carbons (Fsp3) is 0.304. The molecule has 1 atom stereocenters. The Labute approximate surface area is 209 Å². The maximum Gasteiger partial charge on any atom is 0.219 e. The summed E-state index contributed by atoms with van der Waals surface area (Å²) in [5.41, 5.74) is 0.861. The first-order valence-electron chi connectivity index (χ1n) is 10.0. The third kappa shape index (κ3) is 7.64. The number of aromatic nitrogens is 1. The minimum Gasteiger partial charge on any atom is -0.497 e. The van der Waals surface area contributed by atoms with Crippen molar-refractivity contribution in [3.8, 4) is 17.4 Å². The van der Waals surface area contributed by atoms with Crippen LogP contribution in [0.5, 0.6) is 17.4 Å². The summed E-state index contributed by atoms with van der Waals surface area (Å²) in [6.45, 7) is 5.31. The van der Waals surface area contributed by atoms with Gasteiger partial charge in [0, 0.05) is 18.8 Å². The van der Waals surface area contributed by atoms with E-state index < -0.39 is 5.60 Å². The largest absolute Gasteiger partial charge is 0.497 e. The average molecular weight is 568 g/mol. The molecule has 2 heterocycles. The number of methoxy groups -OCH3 is 1. The van der Waals surface area contributed by atoms with Crippen LogP contribution in [0.15, 0.2) is 64.4 Å². The number of aliphatic imine (C=N–C) groups is 1. The monoisotopic (exact) mass is 568 g/mol. The molecule has 32 heavy (non-hydrogen) atoms. The number of aliphatic hydroxyl groups is 1. The van der Waals surface area contributed by atoms with E-state index in [1.54, 1.807) is 31.6 Å². The zero-order valence-electron chi connectivity index (χ0n) is 18.4. The second-order valence-corrected chi connectivity index (χ2v) is 7.90. The van der Waals surface area contributed by atoms with Gasteiger partial charge in [0.2, 0.25) is 5.88 Å². The van der Waals surface area contributed by atoms with Crippen LogP contribution < -0.4 is 20.1 Å². The fourth-order valence-electron chi connectivity index (χ4n) is 2.77. The summed E-state index contributed by atoms with van der Waals surface area (Å²) in [5, 5.41) is 21.0. The number of benzene rings is 1. The predicted molar refractivity (Wildman–Crippen MR) is 139 cm³/mol. The van der Waals surface area contributed by atoms with Gasteiger partial charge in [0.05, 0.1) is 20.2 Å². The van der Waals surface area contributed by atoms with Crippen molar-refractivity contribution in [2.24, 2.45) is 4.99 Å². The van der Waals surface area contributed by atoms with Gasteiger partial charge in [0.25, 0.3) is 0 Å². The van der Waals surface area contributed by atoms with E-state index in [0.29, 0.717) is 30.7 Å². The van der Waals surface area contributed by atoms with Crippen LogP contribution in [0.2, 0.25) is 0 Å². The second kappa shape index (κ2) is 12.6. The van der Waals surface area contributed by atoms with Gasteiger partial charge in [-0.2, -0.15) is 11.3 Å². The van der Waals surface area contributed by atoms with Gasteiger partial charge in [0.1, 0.15) is 17.1 Å². The highest BCUT2D eigenvalue weighted by atomic mass is 127. The van der Waals surface area contributed by atoms with Gasteiger partial charge in [-0.3, -0.25) is 0 Å². The molecule has 3 aromatic rings. The van der Waals surface area contributed by atoms with Crippen LogP contribution in [0.1, 0.15) is 25.0 Å². The van der Waals surface area contributed by atoms with Crippen molar-refractivity contribution < 1.29 is 14.6 Å². The van der Waals surface area contributed by atoms with Gasteiger partial charge < -0.3 is 25.2 Å². The smallest absolute Gasteiger partial charge is 0.219 e. The molecule has 0 saturated heterocycles. The van der Waals surface area contributed by atoms with E-state index in [4.69, 9.17) is 9.47 Å². The van der Waals surface area contributed by atoms with E-state index in [0.717, 1.165) is 23.4 Å². The predicted octanol–water partition coefficient (Wildman–Crippen LogP) is 4.52. The van der Waals surface area contributed by atoms with Gasteiger partial charge in [-0.05, 0) is 66.1 Å². The normalized spacial score (nSPS) is 12.9. The maximum atomic E-state index is 10.7. The Balaban J connectivity index is 0.00000363. The van der Waals surface area contributed by atoms with E-state index in [9.17, 15) is 5.11 Å². The molecule has 0 aliphatic carbocycles. The molecule has 3 rings (SSSR count). The van der Waals surface area contributed by atoms with E-state index in [1.165, 1.54) is 0 Å². The molecule has 1 aromatic carbocycles. The minimum absolute atomic E-state index is 0. The molecule has 3 N–H and O–H groups in total. The first-order valence-corrected chi connectivity index (χ1v) is 11.0. The van der Waals surface area contributed by atoms with Gasteiger partial charge in [0.15, 0.2) is 5.96 Å². The highest BCUT2D eigenvalue weighted by Crippen LogP contribution is 2.23. The van der Waals surface area contributed by atoms with Gasteiger partial charge in [-0.1, -0.05) is 6.07 Å². The van der Waals surface area contributed by atoms with E-state index in [-0.39, 0.29) is 24.0 Å². The highest BCUT2D eigenvalue weighted by molar-refractivity contribution is 14.0. The van der Waals surface area contributed by atoms with Crippen LogP contribution in [-0.4, -0.2) is 36.2 Å². The lowest BCUT2D eigenvalue weighted by molar-refractivity contribution is 0.0621. The number of halogens is 1. The summed E-state index contributed by atoms with van der Waals surface area (Å²) in [7, 11) is 1.63. The number of hydrogen-bond donors (Lipinski definition) is 3. The average Bonchev–Trinajstić information content (AvgIpc) is 3.33. The van der Waals surface area contributed by atoms with Gasteiger partial charge in [-0.15, -0.1) is 24.0 Å².